The van der Waals surface area contributed by atoms with Gasteiger partial charge in [-0.3, -0.25) is 10.1 Å². The Bertz CT molecular complexity index is 1070. The Morgan fingerprint density at radius 2 is 1.73 bits per heavy atom. The summed E-state index contributed by atoms with van der Waals surface area (Å²) < 4.78 is 2.04. The van der Waals surface area contributed by atoms with Crippen molar-refractivity contribution in [2.45, 2.75) is 13.5 Å². The van der Waals surface area contributed by atoms with Crippen LogP contribution in [-0.2, 0) is 6.54 Å². The minimum absolute atomic E-state index is 0.154. The number of rotatable bonds is 4. The van der Waals surface area contributed by atoms with E-state index >= 15 is 0 Å². The first kappa shape index (κ1) is 16.1. The van der Waals surface area contributed by atoms with Gasteiger partial charge in [0.2, 0.25) is 5.95 Å². The molecule has 0 aliphatic heterocycles. The van der Waals surface area contributed by atoms with Crippen LogP contribution in [0.5, 0.6) is 0 Å². The summed E-state index contributed by atoms with van der Waals surface area (Å²) in [5.41, 5.74) is 4.69. The van der Waals surface area contributed by atoms with Crippen LogP contribution in [0.25, 0.3) is 11.0 Å². The van der Waals surface area contributed by atoms with E-state index in [-0.39, 0.29) is 5.91 Å². The van der Waals surface area contributed by atoms with Gasteiger partial charge in [-0.1, -0.05) is 60.2 Å². The first-order valence-electron chi connectivity index (χ1n) is 8.58. The van der Waals surface area contributed by atoms with Gasteiger partial charge in [-0.15, -0.1) is 0 Å². The maximum absolute atomic E-state index is 12.7. The number of anilines is 1. The monoisotopic (exact) mass is 341 g/mol. The number of amides is 1. The third-order valence-electron chi connectivity index (χ3n) is 4.34. The summed E-state index contributed by atoms with van der Waals surface area (Å²) in [6, 6.07) is 25.6. The van der Waals surface area contributed by atoms with Gasteiger partial charge in [-0.05, 0) is 36.8 Å². The van der Waals surface area contributed by atoms with E-state index in [4.69, 9.17) is 0 Å². The lowest BCUT2D eigenvalue weighted by atomic mass is 10.1. The lowest BCUT2D eigenvalue weighted by molar-refractivity contribution is 0.102. The highest BCUT2D eigenvalue weighted by Gasteiger charge is 2.14. The fraction of sp³-hybridized carbons (Fsp3) is 0.0909. The number of hydrogen-bond donors (Lipinski definition) is 1. The predicted molar refractivity (Wildman–Crippen MR) is 104 cm³/mol. The van der Waals surface area contributed by atoms with E-state index in [0.717, 1.165) is 22.2 Å². The normalized spacial score (nSPS) is 10.8. The van der Waals surface area contributed by atoms with Crippen molar-refractivity contribution in [1.29, 1.82) is 0 Å². The van der Waals surface area contributed by atoms with Crippen LogP contribution in [0.1, 0.15) is 21.5 Å². The SMILES string of the molecule is Cc1cccc(C(=O)Nc2nc3ccccc3n2Cc2ccccc2)c1. The van der Waals surface area contributed by atoms with Gasteiger partial charge in [0.1, 0.15) is 0 Å². The predicted octanol–water partition coefficient (Wildman–Crippen LogP) is 4.65. The maximum atomic E-state index is 12.7. The summed E-state index contributed by atoms with van der Waals surface area (Å²) in [7, 11) is 0. The fourth-order valence-electron chi connectivity index (χ4n) is 3.06. The van der Waals surface area contributed by atoms with E-state index in [1.807, 2.05) is 78.2 Å². The molecule has 1 N–H and O–H groups in total. The van der Waals surface area contributed by atoms with Gasteiger partial charge >= 0.3 is 0 Å². The number of aromatic nitrogens is 2. The number of benzene rings is 3. The second-order valence-corrected chi connectivity index (χ2v) is 6.32. The molecule has 0 saturated carbocycles. The zero-order chi connectivity index (χ0) is 17.9. The zero-order valence-electron chi connectivity index (χ0n) is 14.5. The van der Waals surface area contributed by atoms with Crippen molar-refractivity contribution in [3.8, 4) is 0 Å². The molecule has 0 saturated heterocycles. The van der Waals surface area contributed by atoms with Crippen LogP contribution in [0, 0.1) is 6.92 Å². The Morgan fingerprint density at radius 1 is 0.962 bits per heavy atom. The lowest BCUT2D eigenvalue weighted by Crippen LogP contribution is -2.16. The van der Waals surface area contributed by atoms with E-state index in [0.29, 0.717) is 18.1 Å². The number of para-hydroxylation sites is 2. The molecule has 1 amide bonds. The number of carbonyl (C=O) groups excluding carboxylic acids is 1. The Labute approximate surface area is 152 Å². The van der Waals surface area contributed by atoms with Gasteiger partial charge in [-0.25, -0.2) is 4.98 Å². The third kappa shape index (κ3) is 3.22. The molecule has 4 nitrogen and oxygen atoms in total. The highest BCUT2D eigenvalue weighted by Crippen LogP contribution is 2.22. The summed E-state index contributed by atoms with van der Waals surface area (Å²) >= 11 is 0. The van der Waals surface area contributed by atoms with Gasteiger partial charge in [0.05, 0.1) is 17.6 Å². The Morgan fingerprint density at radius 3 is 2.54 bits per heavy atom. The molecule has 0 aliphatic carbocycles. The second kappa shape index (κ2) is 6.84. The zero-order valence-corrected chi connectivity index (χ0v) is 14.5. The first-order chi connectivity index (χ1) is 12.7. The quantitative estimate of drug-likeness (QED) is 0.587. The van der Waals surface area contributed by atoms with Gasteiger partial charge in [0, 0.05) is 5.56 Å². The number of fused-ring (bicyclic) bond motifs is 1. The van der Waals surface area contributed by atoms with Gasteiger partial charge in [-0.2, -0.15) is 0 Å². The van der Waals surface area contributed by atoms with Crippen molar-refractivity contribution in [1.82, 2.24) is 9.55 Å². The van der Waals surface area contributed by atoms with Crippen LogP contribution in [-0.4, -0.2) is 15.5 Å². The molecule has 1 aromatic heterocycles. The van der Waals surface area contributed by atoms with Crippen molar-refractivity contribution >= 4 is 22.9 Å². The van der Waals surface area contributed by atoms with Crippen molar-refractivity contribution in [2.24, 2.45) is 0 Å². The van der Waals surface area contributed by atoms with Crippen LogP contribution in [0.4, 0.5) is 5.95 Å². The number of nitrogens with one attached hydrogen (secondary N) is 1. The van der Waals surface area contributed by atoms with Crippen LogP contribution in [0.2, 0.25) is 0 Å². The molecule has 128 valence electrons. The Hall–Kier alpha value is -3.40. The Kier molecular flexibility index (Phi) is 4.23. The minimum Gasteiger partial charge on any atom is -0.305 e. The maximum Gasteiger partial charge on any atom is 0.257 e. The molecule has 0 spiro atoms. The highest BCUT2D eigenvalue weighted by atomic mass is 16.1. The number of imidazole rings is 1. The summed E-state index contributed by atoms with van der Waals surface area (Å²) in [5.74, 6) is 0.403. The molecule has 4 rings (SSSR count). The lowest BCUT2D eigenvalue weighted by Gasteiger charge is -2.10. The molecule has 4 heteroatoms. The number of hydrogen-bond acceptors (Lipinski definition) is 2. The van der Waals surface area contributed by atoms with Crippen molar-refractivity contribution in [2.75, 3.05) is 5.32 Å². The molecular formula is C22H19N3O. The number of nitrogens with zero attached hydrogens (tertiary/aromatic N) is 2. The van der Waals surface area contributed by atoms with Crippen molar-refractivity contribution < 1.29 is 4.79 Å². The van der Waals surface area contributed by atoms with E-state index in [2.05, 4.69) is 22.4 Å². The van der Waals surface area contributed by atoms with Gasteiger partial charge in [0.25, 0.3) is 5.91 Å². The third-order valence-corrected chi connectivity index (χ3v) is 4.34. The van der Waals surface area contributed by atoms with E-state index < -0.39 is 0 Å². The molecule has 0 unspecified atom stereocenters. The van der Waals surface area contributed by atoms with E-state index in [1.54, 1.807) is 0 Å². The largest absolute Gasteiger partial charge is 0.305 e. The molecule has 4 aromatic rings. The molecule has 0 bridgehead atoms. The molecular weight excluding hydrogens is 322 g/mol. The van der Waals surface area contributed by atoms with Crippen LogP contribution >= 0.6 is 0 Å². The van der Waals surface area contributed by atoms with Crippen molar-refractivity contribution in [3.05, 3.63) is 95.6 Å². The number of carbonyl (C=O) groups is 1. The van der Waals surface area contributed by atoms with Crippen LogP contribution in [0.3, 0.4) is 0 Å². The summed E-state index contributed by atoms with van der Waals surface area (Å²) in [5, 5.41) is 2.98. The standard InChI is InChI=1S/C22H19N3O/c1-16-8-7-11-18(14-16)21(26)24-22-23-19-12-5-6-13-20(19)25(22)15-17-9-3-2-4-10-17/h2-14H,15H2,1H3,(H,23,24,26). The first-order valence-corrected chi connectivity index (χ1v) is 8.58. The smallest absolute Gasteiger partial charge is 0.257 e. The molecule has 0 aliphatic rings. The average molecular weight is 341 g/mol. The van der Waals surface area contributed by atoms with Crippen molar-refractivity contribution in [3.63, 3.8) is 0 Å². The topological polar surface area (TPSA) is 46.9 Å². The Balaban J connectivity index is 1.72. The van der Waals surface area contributed by atoms with Gasteiger partial charge in [0.15, 0.2) is 0 Å². The highest BCUT2D eigenvalue weighted by molar-refractivity contribution is 6.04. The second-order valence-electron chi connectivity index (χ2n) is 6.32. The number of aryl methyl sites for hydroxylation is 1. The molecule has 26 heavy (non-hydrogen) atoms. The molecule has 3 aromatic carbocycles. The molecule has 0 fully saturated rings. The summed E-state index contributed by atoms with van der Waals surface area (Å²) in [6.45, 7) is 2.62. The fourth-order valence-corrected chi connectivity index (χ4v) is 3.06. The summed E-state index contributed by atoms with van der Waals surface area (Å²) in [6.07, 6.45) is 0. The molecule has 1 heterocycles. The van der Waals surface area contributed by atoms with Crippen LogP contribution in [0.15, 0.2) is 78.9 Å². The average Bonchev–Trinajstić information content (AvgIpc) is 3.00. The van der Waals surface area contributed by atoms with Crippen LogP contribution < -0.4 is 5.32 Å². The van der Waals surface area contributed by atoms with E-state index in [1.165, 1.54) is 0 Å². The van der Waals surface area contributed by atoms with E-state index in [9.17, 15) is 4.79 Å². The molecule has 0 atom stereocenters. The minimum atomic E-state index is -0.154. The van der Waals surface area contributed by atoms with Gasteiger partial charge < -0.3 is 4.57 Å². The molecule has 0 radical (unpaired) electrons. The summed E-state index contributed by atoms with van der Waals surface area (Å²) in [4.78, 5) is 17.3.